The molecule has 7 heteroatoms. The predicted molar refractivity (Wildman–Crippen MR) is 118 cm³/mol. The normalized spacial score (nSPS) is 15.7. The molecule has 0 atom stereocenters. The summed E-state index contributed by atoms with van der Waals surface area (Å²) in [4.78, 5) is 14.7. The number of hydrogen-bond donors (Lipinski definition) is 1. The summed E-state index contributed by atoms with van der Waals surface area (Å²) in [6.07, 6.45) is 1.56. The van der Waals surface area contributed by atoms with E-state index in [0.29, 0.717) is 30.8 Å². The SMILES string of the molecule is CCN(CCNC(=O)c1ccc(N2CCCCS2(=O)=O)cc1)c1ccc(C)cc1. The van der Waals surface area contributed by atoms with Crippen LogP contribution in [0.1, 0.15) is 35.7 Å². The molecule has 1 aliphatic heterocycles. The van der Waals surface area contributed by atoms with Gasteiger partial charge in [-0.3, -0.25) is 9.10 Å². The molecule has 0 unspecified atom stereocenters. The molecular weight excluding hydrogens is 386 g/mol. The van der Waals surface area contributed by atoms with Gasteiger partial charge in [0.15, 0.2) is 0 Å². The van der Waals surface area contributed by atoms with Crippen molar-refractivity contribution in [3.63, 3.8) is 0 Å². The quantitative estimate of drug-likeness (QED) is 0.754. The zero-order valence-electron chi connectivity index (χ0n) is 17.1. The first-order chi connectivity index (χ1) is 13.9. The van der Waals surface area contributed by atoms with E-state index in [9.17, 15) is 13.2 Å². The maximum atomic E-state index is 12.4. The zero-order valence-corrected chi connectivity index (χ0v) is 17.9. The molecule has 2 aromatic carbocycles. The molecule has 1 fully saturated rings. The highest BCUT2D eigenvalue weighted by Crippen LogP contribution is 2.23. The zero-order chi connectivity index (χ0) is 20.9. The number of rotatable bonds is 7. The summed E-state index contributed by atoms with van der Waals surface area (Å²) in [5, 5.41) is 2.95. The lowest BCUT2D eigenvalue weighted by Gasteiger charge is -2.28. The van der Waals surface area contributed by atoms with Gasteiger partial charge < -0.3 is 10.2 Å². The highest BCUT2D eigenvalue weighted by molar-refractivity contribution is 7.92. The van der Waals surface area contributed by atoms with E-state index in [1.54, 1.807) is 24.3 Å². The molecule has 2 aromatic rings. The molecule has 1 heterocycles. The van der Waals surface area contributed by atoms with E-state index in [1.165, 1.54) is 9.87 Å². The van der Waals surface area contributed by atoms with Crippen LogP contribution in [0.3, 0.4) is 0 Å². The Hall–Kier alpha value is -2.54. The van der Waals surface area contributed by atoms with E-state index >= 15 is 0 Å². The standard InChI is InChI=1S/C22H29N3O3S/c1-3-24(20-10-6-18(2)7-11-20)16-14-23-22(26)19-8-12-21(13-9-19)25-15-4-5-17-29(25,27)28/h6-13H,3-5,14-17H2,1-2H3,(H,23,26). The van der Waals surface area contributed by atoms with Crippen LogP contribution in [-0.2, 0) is 10.0 Å². The highest BCUT2D eigenvalue weighted by atomic mass is 32.2. The first kappa shape index (κ1) is 21.2. The Labute approximate surface area is 173 Å². The van der Waals surface area contributed by atoms with Gasteiger partial charge in [0, 0.05) is 37.4 Å². The van der Waals surface area contributed by atoms with Gasteiger partial charge in [0.25, 0.3) is 5.91 Å². The Morgan fingerprint density at radius 1 is 1.07 bits per heavy atom. The maximum Gasteiger partial charge on any atom is 0.251 e. The third kappa shape index (κ3) is 5.29. The minimum atomic E-state index is -3.24. The molecule has 0 radical (unpaired) electrons. The molecule has 1 amide bonds. The van der Waals surface area contributed by atoms with Crippen LogP contribution in [0, 0.1) is 6.92 Å². The summed E-state index contributed by atoms with van der Waals surface area (Å²) in [7, 11) is -3.24. The van der Waals surface area contributed by atoms with Crippen molar-refractivity contribution in [2.24, 2.45) is 0 Å². The molecule has 0 aliphatic carbocycles. The van der Waals surface area contributed by atoms with Crippen molar-refractivity contribution in [2.75, 3.05) is 41.1 Å². The van der Waals surface area contributed by atoms with Crippen LogP contribution in [0.2, 0.25) is 0 Å². The highest BCUT2D eigenvalue weighted by Gasteiger charge is 2.25. The summed E-state index contributed by atoms with van der Waals surface area (Å²) in [5.74, 6) is 0.0301. The molecule has 0 saturated carbocycles. The van der Waals surface area contributed by atoms with Crippen LogP contribution in [0.15, 0.2) is 48.5 Å². The van der Waals surface area contributed by atoms with E-state index in [2.05, 4.69) is 48.3 Å². The van der Waals surface area contributed by atoms with Crippen molar-refractivity contribution >= 4 is 27.3 Å². The van der Waals surface area contributed by atoms with E-state index < -0.39 is 10.0 Å². The third-order valence-electron chi connectivity index (χ3n) is 5.21. The fourth-order valence-corrected chi connectivity index (χ4v) is 5.13. The lowest BCUT2D eigenvalue weighted by Crippen LogP contribution is -2.38. The summed E-state index contributed by atoms with van der Waals surface area (Å²) in [5.41, 5.74) is 3.51. The molecular formula is C22H29N3O3S. The van der Waals surface area contributed by atoms with E-state index in [1.807, 2.05) is 0 Å². The van der Waals surface area contributed by atoms with Crippen LogP contribution in [0.5, 0.6) is 0 Å². The van der Waals surface area contributed by atoms with Gasteiger partial charge in [-0.1, -0.05) is 17.7 Å². The van der Waals surface area contributed by atoms with Gasteiger partial charge in [-0.05, 0) is 63.1 Å². The first-order valence-electron chi connectivity index (χ1n) is 10.1. The minimum Gasteiger partial charge on any atom is -0.370 e. The molecule has 0 spiro atoms. The summed E-state index contributed by atoms with van der Waals surface area (Å²) >= 11 is 0. The number of amides is 1. The van der Waals surface area contributed by atoms with Crippen molar-refractivity contribution in [1.82, 2.24) is 5.32 Å². The average molecular weight is 416 g/mol. The number of nitrogens with one attached hydrogen (secondary N) is 1. The minimum absolute atomic E-state index is 0.155. The summed E-state index contributed by atoms with van der Waals surface area (Å²) in [6.45, 7) is 6.76. The Morgan fingerprint density at radius 3 is 2.38 bits per heavy atom. The molecule has 6 nitrogen and oxygen atoms in total. The second-order valence-electron chi connectivity index (χ2n) is 7.31. The fraction of sp³-hybridized carbons (Fsp3) is 0.409. The van der Waals surface area contributed by atoms with Crippen LogP contribution in [-0.4, -0.2) is 46.3 Å². The Bertz CT molecular complexity index is 925. The molecule has 29 heavy (non-hydrogen) atoms. The van der Waals surface area contributed by atoms with Crippen molar-refractivity contribution in [3.8, 4) is 0 Å². The largest absolute Gasteiger partial charge is 0.370 e. The van der Waals surface area contributed by atoms with Crippen LogP contribution >= 0.6 is 0 Å². The lowest BCUT2D eigenvalue weighted by atomic mass is 10.2. The summed E-state index contributed by atoms with van der Waals surface area (Å²) < 4.78 is 25.9. The van der Waals surface area contributed by atoms with Crippen molar-refractivity contribution in [2.45, 2.75) is 26.7 Å². The van der Waals surface area contributed by atoms with E-state index in [4.69, 9.17) is 0 Å². The number of aryl methyl sites for hydroxylation is 1. The van der Waals surface area contributed by atoms with E-state index in [-0.39, 0.29) is 11.7 Å². The monoisotopic (exact) mass is 415 g/mol. The molecule has 3 rings (SSSR count). The number of nitrogens with zero attached hydrogens (tertiary/aromatic N) is 2. The Balaban J connectivity index is 1.56. The second kappa shape index (κ2) is 9.31. The number of carbonyl (C=O) groups excluding carboxylic acids is 1. The molecule has 1 N–H and O–H groups in total. The van der Waals surface area contributed by atoms with Crippen molar-refractivity contribution in [1.29, 1.82) is 0 Å². The first-order valence-corrected chi connectivity index (χ1v) is 11.7. The van der Waals surface area contributed by atoms with Crippen molar-refractivity contribution in [3.05, 3.63) is 59.7 Å². The molecule has 1 saturated heterocycles. The van der Waals surface area contributed by atoms with Gasteiger partial charge in [-0.2, -0.15) is 0 Å². The molecule has 156 valence electrons. The number of hydrogen-bond acceptors (Lipinski definition) is 4. The molecule has 0 bridgehead atoms. The second-order valence-corrected chi connectivity index (χ2v) is 9.33. The fourth-order valence-electron chi connectivity index (χ4n) is 3.49. The maximum absolute atomic E-state index is 12.4. The Morgan fingerprint density at radius 2 is 1.76 bits per heavy atom. The summed E-state index contributed by atoms with van der Waals surface area (Å²) in [6, 6.07) is 15.1. The lowest BCUT2D eigenvalue weighted by molar-refractivity contribution is 0.0954. The smallest absolute Gasteiger partial charge is 0.251 e. The number of carbonyl (C=O) groups is 1. The number of benzene rings is 2. The van der Waals surface area contributed by atoms with Crippen LogP contribution in [0.4, 0.5) is 11.4 Å². The van der Waals surface area contributed by atoms with Crippen LogP contribution < -0.4 is 14.5 Å². The average Bonchev–Trinajstić information content (AvgIpc) is 2.72. The number of likely N-dealkylation sites (N-methyl/N-ethyl adjacent to an activating group) is 1. The van der Waals surface area contributed by atoms with Crippen LogP contribution in [0.25, 0.3) is 0 Å². The Kier molecular flexibility index (Phi) is 6.79. The topological polar surface area (TPSA) is 69.7 Å². The van der Waals surface area contributed by atoms with Gasteiger partial charge in [0.1, 0.15) is 0 Å². The molecule has 1 aliphatic rings. The van der Waals surface area contributed by atoms with Gasteiger partial charge in [-0.15, -0.1) is 0 Å². The molecule has 0 aromatic heterocycles. The van der Waals surface area contributed by atoms with Gasteiger partial charge in [-0.25, -0.2) is 8.42 Å². The van der Waals surface area contributed by atoms with Gasteiger partial charge >= 0.3 is 0 Å². The number of sulfonamides is 1. The van der Waals surface area contributed by atoms with Gasteiger partial charge in [0.2, 0.25) is 10.0 Å². The van der Waals surface area contributed by atoms with Gasteiger partial charge in [0.05, 0.1) is 11.4 Å². The third-order valence-corrected chi connectivity index (χ3v) is 7.08. The van der Waals surface area contributed by atoms with Crippen molar-refractivity contribution < 1.29 is 13.2 Å². The predicted octanol–water partition coefficient (Wildman–Crippen LogP) is 3.18. The van der Waals surface area contributed by atoms with E-state index in [0.717, 1.165) is 25.2 Å². The number of anilines is 2.